The summed E-state index contributed by atoms with van der Waals surface area (Å²) in [6.45, 7) is 16.9. The largest absolute Gasteiger partial charge is 0.150 e. The summed E-state index contributed by atoms with van der Waals surface area (Å²) in [5, 5.41) is 9.13. The Morgan fingerprint density at radius 2 is 1.04 bits per heavy atom. The molecule has 0 saturated heterocycles. The van der Waals surface area contributed by atoms with Crippen LogP contribution in [-0.2, 0) is 0 Å². The molecule has 138 valence electrons. The maximum Gasteiger partial charge on any atom is 0.129 e. The van der Waals surface area contributed by atoms with Crippen LogP contribution < -0.4 is 0 Å². The molecular formula is C24H28N2Si. The van der Waals surface area contributed by atoms with Gasteiger partial charge < -0.3 is 0 Å². The van der Waals surface area contributed by atoms with Crippen LogP contribution in [0.4, 0.5) is 11.4 Å². The van der Waals surface area contributed by atoms with Crippen LogP contribution in [0.25, 0.3) is 0 Å². The van der Waals surface area contributed by atoms with Crippen molar-refractivity contribution in [3.05, 3.63) is 57.6 Å². The first kappa shape index (κ1) is 20.7. The van der Waals surface area contributed by atoms with E-state index in [1.165, 1.54) is 0 Å². The highest BCUT2D eigenvalue weighted by atomic mass is 28.3. The van der Waals surface area contributed by atoms with Gasteiger partial charge in [0.2, 0.25) is 0 Å². The molecule has 0 amide bonds. The molecule has 0 aliphatic heterocycles. The minimum atomic E-state index is -1.38. The number of hydrogen-bond donors (Lipinski definition) is 0. The minimum Gasteiger partial charge on any atom is -0.150 e. The first-order valence-electron chi connectivity index (χ1n) is 9.21. The Morgan fingerprint density at radius 3 is 1.37 bits per heavy atom. The molecule has 2 rings (SSSR count). The van der Waals surface area contributed by atoms with E-state index in [4.69, 9.17) is 0 Å². The van der Waals surface area contributed by atoms with Crippen LogP contribution in [0, 0.1) is 51.0 Å². The molecular weight excluding hydrogens is 344 g/mol. The summed E-state index contributed by atoms with van der Waals surface area (Å²) in [5.74, 6) is 9.38. The average molecular weight is 373 g/mol. The van der Waals surface area contributed by atoms with Crippen LogP contribution in [-0.4, -0.2) is 8.07 Å². The van der Waals surface area contributed by atoms with Crippen molar-refractivity contribution in [2.24, 2.45) is 10.2 Å². The van der Waals surface area contributed by atoms with E-state index >= 15 is 0 Å². The molecule has 3 heteroatoms. The second-order valence-corrected chi connectivity index (χ2v) is 12.7. The van der Waals surface area contributed by atoms with Crippen LogP contribution in [0.5, 0.6) is 0 Å². The zero-order valence-electron chi connectivity index (χ0n) is 17.7. The molecule has 0 unspecified atom stereocenters. The topological polar surface area (TPSA) is 24.7 Å². The Morgan fingerprint density at radius 1 is 0.667 bits per heavy atom. The summed E-state index contributed by atoms with van der Waals surface area (Å²) in [5.41, 5.74) is 11.7. The second kappa shape index (κ2) is 8.38. The van der Waals surface area contributed by atoms with Crippen molar-refractivity contribution in [1.82, 2.24) is 0 Å². The molecule has 0 fully saturated rings. The maximum atomic E-state index is 4.57. The highest BCUT2D eigenvalue weighted by Gasteiger charge is 2.09. The zero-order chi connectivity index (χ0) is 20.2. The van der Waals surface area contributed by atoms with E-state index < -0.39 is 8.07 Å². The summed E-state index contributed by atoms with van der Waals surface area (Å²) >= 11 is 0. The highest BCUT2D eigenvalue weighted by Crippen LogP contribution is 2.30. The fourth-order valence-electron chi connectivity index (χ4n) is 2.88. The molecule has 0 N–H and O–H groups in total. The summed E-state index contributed by atoms with van der Waals surface area (Å²) < 4.78 is 0. The molecule has 27 heavy (non-hydrogen) atoms. The summed E-state index contributed by atoms with van der Waals surface area (Å²) in [7, 11) is -1.38. The lowest BCUT2D eigenvalue weighted by Gasteiger charge is -2.08. The van der Waals surface area contributed by atoms with Gasteiger partial charge >= 0.3 is 0 Å². The maximum absolute atomic E-state index is 4.57. The fraction of sp³-hybridized carbons (Fsp3) is 0.333. The Hall–Kier alpha value is -2.62. The van der Waals surface area contributed by atoms with Crippen molar-refractivity contribution in [3.8, 4) is 23.3 Å². The minimum absolute atomic E-state index is 0.915. The molecule has 2 aromatic carbocycles. The molecule has 0 aromatic heterocycles. The summed E-state index contributed by atoms with van der Waals surface area (Å²) in [4.78, 5) is 0. The lowest BCUT2D eigenvalue weighted by molar-refractivity contribution is 1.15. The third-order valence-corrected chi connectivity index (χ3v) is 4.96. The first-order chi connectivity index (χ1) is 12.6. The van der Waals surface area contributed by atoms with E-state index in [0.717, 1.165) is 44.8 Å². The van der Waals surface area contributed by atoms with E-state index in [2.05, 4.69) is 105 Å². The predicted octanol–water partition coefficient (Wildman–Crippen LogP) is 6.94. The molecule has 0 radical (unpaired) electrons. The van der Waals surface area contributed by atoms with Crippen molar-refractivity contribution in [3.63, 3.8) is 0 Å². The van der Waals surface area contributed by atoms with Crippen LogP contribution in [0.2, 0.25) is 19.6 Å². The zero-order valence-corrected chi connectivity index (χ0v) is 18.7. The number of nitrogens with zero attached hydrogens (tertiary/aromatic N) is 2. The lowest BCUT2D eigenvalue weighted by Crippen LogP contribution is -2.16. The number of hydrogen-bond acceptors (Lipinski definition) is 2. The van der Waals surface area contributed by atoms with Gasteiger partial charge in [0.05, 0.1) is 11.4 Å². The smallest absolute Gasteiger partial charge is 0.129 e. The normalized spacial score (nSPS) is 11.0. The van der Waals surface area contributed by atoms with Gasteiger partial charge in [-0.25, -0.2) is 0 Å². The molecule has 0 aliphatic carbocycles. The van der Waals surface area contributed by atoms with Crippen molar-refractivity contribution in [2.75, 3.05) is 0 Å². The van der Waals surface area contributed by atoms with Crippen molar-refractivity contribution in [2.45, 2.75) is 54.3 Å². The van der Waals surface area contributed by atoms with Gasteiger partial charge in [-0.3, -0.25) is 0 Å². The number of rotatable bonds is 2. The first-order valence-corrected chi connectivity index (χ1v) is 12.7. The van der Waals surface area contributed by atoms with Crippen LogP contribution in [0.3, 0.4) is 0 Å². The molecule has 2 aromatic rings. The Bertz CT molecular complexity index is 970. The number of benzene rings is 2. The summed E-state index contributed by atoms with van der Waals surface area (Å²) in [6.07, 6.45) is 0. The van der Waals surface area contributed by atoms with E-state index in [1.54, 1.807) is 0 Å². The highest BCUT2D eigenvalue weighted by molar-refractivity contribution is 6.83. The van der Waals surface area contributed by atoms with Gasteiger partial charge in [-0.1, -0.05) is 31.5 Å². The van der Waals surface area contributed by atoms with Crippen molar-refractivity contribution >= 4 is 19.4 Å². The Labute approximate surface area is 165 Å². The third-order valence-electron chi connectivity index (χ3n) is 4.08. The fourth-order valence-corrected chi connectivity index (χ4v) is 3.39. The third kappa shape index (κ3) is 5.68. The molecule has 2 nitrogen and oxygen atoms in total. The average Bonchev–Trinajstić information content (AvgIpc) is 2.54. The van der Waals surface area contributed by atoms with Gasteiger partial charge in [0, 0.05) is 11.1 Å². The van der Waals surface area contributed by atoms with Gasteiger partial charge in [0.25, 0.3) is 0 Å². The molecule has 0 heterocycles. The Kier molecular flexibility index (Phi) is 6.42. The van der Waals surface area contributed by atoms with E-state index in [-0.39, 0.29) is 0 Å². The van der Waals surface area contributed by atoms with Gasteiger partial charge in [0.15, 0.2) is 0 Å². The van der Waals surface area contributed by atoms with E-state index in [9.17, 15) is 0 Å². The lowest BCUT2D eigenvalue weighted by atomic mass is 10.0. The van der Waals surface area contributed by atoms with Gasteiger partial charge in [-0.2, -0.15) is 0 Å². The van der Waals surface area contributed by atoms with Gasteiger partial charge in [-0.05, 0) is 81.1 Å². The molecule has 0 saturated carbocycles. The van der Waals surface area contributed by atoms with Crippen LogP contribution in [0.15, 0.2) is 34.5 Å². The van der Waals surface area contributed by atoms with E-state index in [0.29, 0.717) is 0 Å². The molecule has 0 atom stereocenters. The van der Waals surface area contributed by atoms with Gasteiger partial charge in [0.1, 0.15) is 8.07 Å². The number of azo groups is 1. The van der Waals surface area contributed by atoms with Gasteiger partial charge in [-0.15, -0.1) is 21.7 Å². The predicted molar refractivity (Wildman–Crippen MR) is 119 cm³/mol. The van der Waals surface area contributed by atoms with E-state index in [1.807, 2.05) is 6.92 Å². The van der Waals surface area contributed by atoms with Crippen molar-refractivity contribution < 1.29 is 0 Å². The van der Waals surface area contributed by atoms with Crippen LogP contribution >= 0.6 is 0 Å². The molecule has 0 aliphatic rings. The number of aryl methyl sites for hydroxylation is 4. The standard InChI is InChI=1S/C24H28N2Si/c1-9-10-21-13-17(2)23(18(3)14-21)25-26-24-19(4)15-22(16-20(24)5)11-12-27(6,7)8/h13-16H,1-8H3/b26-25+. The van der Waals surface area contributed by atoms with Crippen molar-refractivity contribution in [1.29, 1.82) is 0 Å². The SMILES string of the molecule is CC#Cc1cc(C)c(/N=N/c2c(C)cc(C#C[Si](C)(C)C)cc2C)c(C)c1. The molecule has 0 bridgehead atoms. The quantitative estimate of drug-likeness (QED) is 0.310. The summed E-state index contributed by atoms with van der Waals surface area (Å²) in [6, 6.07) is 8.33. The second-order valence-electron chi connectivity index (χ2n) is 7.99. The monoisotopic (exact) mass is 372 g/mol. The molecule has 0 spiro atoms. The van der Waals surface area contributed by atoms with Crippen LogP contribution in [0.1, 0.15) is 40.3 Å². The Balaban J connectivity index is 2.40.